The Morgan fingerprint density at radius 2 is 1.94 bits per heavy atom. The number of rotatable bonds is 9. The highest BCUT2D eigenvalue weighted by atomic mass is 16.2. The average molecular weight is 230 g/mol. The van der Waals surface area contributed by atoms with Gasteiger partial charge in [-0.05, 0) is 32.1 Å². The molecular formula is C12H26N2O2. The van der Waals surface area contributed by atoms with Gasteiger partial charge in [-0.2, -0.15) is 0 Å². The summed E-state index contributed by atoms with van der Waals surface area (Å²) in [6, 6.07) is 0.281. The summed E-state index contributed by atoms with van der Waals surface area (Å²) in [4.78, 5) is 11.4. The van der Waals surface area contributed by atoms with Gasteiger partial charge in [-0.1, -0.05) is 13.8 Å². The van der Waals surface area contributed by atoms with Gasteiger partial charge in [0, 0.05) is 19.2 Å². The van der Waals surface area contributed by atoms with Crippen LogP contribution in [0.4, 0.5) is 0 Å². The van der Waals surface area contributed by atoms with Crippen molar-refractivity contribution in [2.75, 3.05) is 19.7 Å². The molecule has 4 heteroatoms. The first-order chi connectivity index (χ1) is 7.56. The lowest BCUT2D eigenvalue weighted by Crippen LogP contribution is -2.38. The van der Waals surface area contributed by atoms with E-state index >= 15 is 0 Å². The highest BCUT2D eigenvalue weighted by Crippen LogP contribution is 1.96. The zero-order chi connectivity index (χ0) is 12.4. The molecule has 96 valence electrons. The fourth-order valence-corrected chi connectivity index (χ4v) is 1.33. The molecule has 0 aromatic heterocycles. The van der Waals surface area contributed by atoms with E-state index in [4.69, 9.17) is 5.11 Å². The van der Waals surface area contributed by atoms with Gasteiger partial charge in [-0.25, -0.2) is 0 Å². The topological polar surface area (TPSA) is 61.4 Å². The van der Waals surface area contributed by atoms with E-state index in [2.05, 4.69) is 24.5 Å². The molecule has 0 aliphatic heterocycles. The molecule has 0 fully saturated rings. The molecular weight excluding hydrogens is 204 g/mol. The predicted molar refractivity (Wildman–Crippen MR) is 66.2 cm³/mol. The van der Waals surface area contributed by atoms with Crippen molar-refractivity contribution in [2.24, 2.45) is 5.92 Å². The van der Waals surface area contributed by atoms with Crippen molar-refractivity contribution in [3.05, 3.63) is 0 Å². The van der Waals surface area contributed by atoms with Crippen LogP contribution >= 0.6 is 0 Å². The standard InChI is InChI=1S/C12H26N2O2/c1-10(2)6-7-13-12(16)9-14-11(3)5-4-8-15/h10-11,14-15H,4-9H2,1-3H3,(H,13,16). The number of aliphatic hydroxyl groups excluding tert-OH is 1. The third-order valence-corrected chi connectivity index (χ3v) is 2.45. The van der Waals surface area contributed by atoms with Crippen molar-refractivity contribution in [3.8, 4) is 0 Å². The van der Waals surface area contributed by atoms with Crippen LogP contribution in [0, 0.1) is 5.92 Å². The molecule has 0 radical (unpaired) electrons. The van der Waals surface area contributed by atoms with Gasteiger partial charge < -0.3 is 15.7 Å². The molecule has 0 aliphatic carbocycles. The van der Waals surface area contributed by atoms with Gasteiger partial charge in [0.2, 0.25) is 5.91 Å². The molecule has 0 saturated heterocycles. The van der Waals surface area contributed by atoms with Crippen LogP contribution in [0.25, 0.3) is 0 Å². The van der Waals surface area contributed by atoms with Crippen LogP contribution in [-0.2, 0) is 4.79 Å². The number of amides is 1. The van der Waals surface area contributed by atoms with E-state index in [-0.39, 0.29) is 18.6 Å². The molecule has 0 bridgehead atoms. The SMILES string of the molecule is CC(C)CCNC(=O)CNC(C)CCCO. The predicted octanol–water partition coefficient (Wildman–Crippen LogP) is 0.899. The Hall–Kier alpha value is -0.610. The average Bonchev–Trinajstić information content (AvgIpc) is 2.23. The maximum atomic E-state index is 11.4. The fraction of sp³-hybridized carbons (Fsp3) is 0.917. The zero-order valence-corrected chi connectivity index (χ0v) is 10.8. The Kier molecular flexibility index (Phi) is 9.24. The van der Waals surface area contributed by atoms with Crippen molar-refractivity contribution >= 4 is 5.91 Å². The summed E-state index contributed by atoms with van der Waals surface area (Å²) < 4.78 is 0. The van der Waals surface area contributed by atoms with Crippen molar-refractivity contribution in [1.82, 2.24) is 10.6 Å². The smallest absolute Gasteiger partial charge is 0.233 e. The maximum Gasteiger partial charge on any atom is 0.233 e. The second-order valence-corrected chi connectivity index (χ2v) is 4.68. The van der Waals surface area contributed by atoms with Gasteiger partial charge in [0.1, 0.15) is 0 Å². The summed E-state index contributed by atoms with van der Waals surface area (Å²) in [5, 5.41) is 14.7. The molecule has 1 atom stereocenters. The normalized spacial score (nSPS) is 12.8. The van der Waals surface area contributed by atoms with E-state index in [0.717, 1.165) is 25.8 Å². The Labute approximate surface area is 98.8 Å². The first-order valence-corrected chi connectivity index (χ1v) is 6.17. The van der Waals surface area contributed by atoms with Gasteiger partial charge in [-0.3, -0.25) is 4.79 Å². The summed E-state index contributed by atoms with van der Waals surface area (Å²) in [5.74, 6) is 0.674. The number of aliphatic hydroxyl groups is 1. The Bertz CT molecular complexity index is 184. The van der Waals surface area contributed by atoms with E-state index < -0.39 is 0 Å². The lowest BCUT2D eigenvalue weighted by molar-refractivity contribution is -0.120. The minimum Gasteiger partial charge on any atom is -0.396 e. The van der Waals surface area contributed by atoms with Gasteiger partial charge in [-0.15, -0.1) is 0 Å². The molecule has 3 N–H and O–H groups in total. The van der Waals surface area contributed by atoms with Gasteiger partial charge in [0.15, 0.2) is 0 Å². The number of carbonyl (C=O) groups is 1. The van der Waals surface area contributed by atoms with Crippen LogP contribution in [0.2, 0.25) is 0 Å². The van der Waals surface area contributed by atoms with Crippen molar-refractivity contribution < 1.29 is 9.90 Å². The third-order valence-electron chi connectivity index (χ3n) is 2.45. The summed E-state index contributed by atoms with van der Waals surface area (Å²) in [6.07, 6.45) is 2.70. The molecule has 1 unspecified atom stereocenters. The minimum atomic E-state index is 0.0523. The molecule has 0 saturated carbocycles. The maximum absolute atomic E-state index is 11.4. The summed E-state index contributed by atoms with van der Waals surface area (Å²) in [5.41, 5.74) is 0. The quantitative estimate of drug-likeness (QED) is 0.551. The largest absolute Gasteiger partial charge is 0.396 e. The molecule has 1 amide bonds. The second-order valence-electron chi connectivity index (χ2n) is 4.68. The Balaban J connectivity index is 3.42. The van der Waals surface area contributed by atoms with Crippen molar-refractivity contribution in [1.29, 1.82) is 0 Å². The number of nitrogens with one attached hydrogen (secondary N) is 2. The first-order valence-electron chi connectivity index (χ1n) is 6.17. The van der Waals surface area contributed by atoms with Crippen LogP contribution in [-0.4, -0.2) is 36.8 Å². The second kappa shape index (κ2) is 9.60. The van der Waals surface area contributed by atoms with Gasteiger partial charge in [0.05, 0.1) is 6.54 Å². The summed E-state index contributed by atoms with van der Waals surface area (Å²) in [6.45, 7) is 7.64. The molecule has 0 heterocycles. The van der Waals surface area contributed by atoms with E-state index in [1.807, 2.05) is 6.92 Å². The monoisotopic (exact) mass is 230 g/mol. The molecule has 0 aliphatic rings. The molecule has 4 nitrogen and oxygen atoms in total. The highest BCUT2D eigenvalue weighted by molar-refractivity contribution is 5.77. The van der Waals surface area contributed by atoms with Crippen LogP contribution in [0.1, 0.15) is 40.0 Å². The van der Waals surface area contributed by atoms with Gasteiger partial charge >= 0.3 is 0 Å². The van der Waals surface area contributed by atoms with E-state index in [0.29, 0.717) is 12.5 Å². The van der Waals surface area contributed by atoms with Gasteiger partial charge in [0.25, 0.3) is 0 Å². The lowest BCUT2D eigenvalue weighted by Gasteiger charge is -2.13. The summed E-state index contributed by atoms with van der Waals surface area (Å²) in [7, 11) is 0. The van der Waals surface area contributed by atoms with E-state index in [1.54, 1.807) is 0 Å². The highest BCUT2D eigenvalue weighted by Gasteiger charge is 2.04. The van der Waals surface area contributed by atoms with E-state index in [1.165, 1.54) is 0 Å². The zero-order valence-electron chi connectivity index (χ0n) is 10.8. The minimum absolute atomic E-state index is 0.0523. The molecule has 0 aromatic carbocycles. The first kappa shape index (κ1) is 15.4. The molecule has 0 aromatic rings. The Morgan fingerprint density at radius 1 is 1.25 bits per heavy atom. The number of hydrogen-bond acceptors (Lipinski definition) is 3. The van der Waals surface area contributed by atoms with Crippen LogP contribution < -0.4 is 10.6 Å². The van der Waals surface area contributed by atoms with Crippen LogP contribution in [0.5, 0.6) is 0 Å². The van der Waals surface area contributed by atoms with Crippen molar-refractivity contribution in [3.63, 3.8) is 0 Å². The van der Waals surface area contributed by atoms with E-state index in [9.17, 15) is 4.79 Å². The van der Waals surface area contributed by atoms with Crippen molar-refractivity contribution in [2.45, 2.75) is 46.1 Å². The lowest BCUT2D eigenvalue weighted by atomic mass is 10.1. The molecule has 16 heavy (non-hydrogen) atoms. The number of hydrogen-bond donors (Lipinski definition) is 3. The fourth-order valence-electron chi connectivity index (χ4n) is 1.33. The van der Waals surface area contributed by atoms with Crippen LogP contribution in [0.15, 0.2) is 0 Å². The number of carbonyl (C=O) groups excluding carboxylic acids is 1. The summed E-state index contributed by atoms with van der Waals surface area (Å²) >= 11 is 0. The Morgan fingerprint density at radius 3 is 2.50 bits per heavy atom. The van der Waals surface area contributed by atoms with Crippen LogP contribution in [0.3, 0.4) is 0 Å². The molecule has 0 rings (SSSR count). The third kappa shape index (κ3) is 9.93. The molecule has 0 spiro atoms.